The van der Waals surface area contributed by atoms with Gasteiger partial charge < -0.3 is 20.3 Å². The molecule has 0 radical (unpaired) electrons. The van der Waals surface area contributed by atoms with Crippen molar-refractivity contribution in [3.05, 3.63) is 54.1 Å². The van der Waals surface area contributed by atoms with Gasteiger partial charge in [-0.25, -0.2) is 4.79 Å². The number of benzene rings is 2. The van der Waals surface area contributed by atoms with Crippen molar-refractivity contribution in [2.75, 3.05) is 22.1 Å². The summed E-state index contributed by atoms with van der Waals surface area (Å²) in [7, 11) is 0. The van der Waals surface area contributed by atoms with Crippen molar-refractivity contribution in [1.82, 2.24) is 0 Å². The molecule has 1 aliphatic heterocycles. The zero-order valence-corrected chi connectivity index (χ0v) is 16.8. The Morgan fingerprint density at radius 2 is 1.70 bits per heavy atom. The van der Waals surface area contributed by atoms with Gasteiger partial charge in [-0.3, -0.25) is 14.4 Å². The molecule has 1 heterocycles. The molecule has 0 aromatic heterocycles. The number of nitrogens with zero attached hydrogens (tertiary/aromatic N) is 1. The lowest BCUT2D eigenvalue weighted by molar-refractivity contribution is -0.123. The Balaban J connectivity index is 1.59. The minimum atomic E-state index is -1.02. The third-order valence-corrected chi connectivity index (χ3v) is 4.59. The summed E-state index contributed by atoms with van der Waals surface area (Å²) < 4.78 is 5.28. The summed E-state index contributed by atoms with van der Waals surface area (Å²) in [4.78, 5) is 49.4. The van der Waals surface area contributed by atoms with Gasteiger partial charge in [-0.05, 0) is 55.8 Å². The van der Waals surface area contributed by atoms with Gasteiger partial charge in [0.05, 0.1) is 5.56 Å². The van der Waals surface area contributed by atoms with Gasteiger partial charge in [0.1, 0.15) is 0 Å². The van der Waals surface area contributed by atoms with Crippen LogP contribution in [0.4, 0.5) is 17.1 Å². The van der Waals surface area contributed by atoms with Crippen LogP contribution in [0.15, 0.2) is 48.5 Å². The van der Waals surface area contributed by atoms with Crippen molar-refractivity contribution in [2.45, 2.75) is 32.8 Å². The second kappa shape index (κ2) is 9.21. The van der Waals surface area contributed by atoms with Crippen molar-refractivity contribution in [3.63, 3.8) is 0 Å². The highest BCUT2D eigenvalue weighted by Gasteiger charge is 2.24. The number of hydrogen-bond donors (Lipinski definition) is 2. The van der Waals surface area contributed by atoms with E-state index in [4.69, 9.17) is 4.74 Å². The van der Waals surface area contributed by atoms with Crippen LogP contribution in [-0.2, 0) is 19.1 Å². The van der Waals surface area contributed by atoms with Crippen LogP contribution in [0.2, 0.25) is 0 Å². The van der Waals surface area contributed by atoms with Crippen molar-refractivity contribution in [2.24, 2.45) is 0 Å². The molecule has 3 rings (SSSR count). The standard InChI is InChI=1S/C22H23N3O5/c1-14(21(28)24-18-10-8-17(9-11-18)23-15(2)26)30-22(29)16-5-3-6-19(13-16)25-12-4-7-20(25)27/h3,5-6,8-11,13-14H,4,7,12H2,1-2H3,(H,23,26)(H,24,28)/t14-/m0/s1. The maximum absolute atomic E-state index is 12.5. The van der Waals surface area contributed by atoms with Crippen LogP contribution < -0.4 is 15.5 Å². The molecule has 1 fully saturated rings. The lowest BCUT2D eigenvalue weighted by Gasteiger charge is -2.17. The number of hydrogen-bond acceptors (Lipinski definition) is 5. The SMILES string of the molecule is CC(=O)Nc1ccc(NC(=O)[C@H](C)OC(=O)c2cccc(N3CCCC3=O)c2)cc1. The highest BCUT2D eigenvalue weighted by atomic mass is 16.5. The number of rotatable bonds is 6. The van der Waals surface area contributed by atoms with Crippen molar-refractivity contribution < 1.29 is 23.9 Å². The monoisotopic (exact) mass is 409 g/mol. The lowest BCUT2D eigenvalue weighted by Crippen LogP contribution is -2.30. The quantitative estimate of drug-likeness (QED) is 0.714. The fraction of sp³-hybridized carbons (Fsp3) is 0.273. The predicted octanol–water partition coefficient (Wildman–Crippen LogP) is 2.96. The molecule has 0 bridgehead atoms. The number of carbonyl (C=O) groups excluding carboxylic acids is 4. The van der Waals surface area contributed by atoms with E-state index in [2.05, 4.69) is 10.6 Å². The van der Waals surface area contributed by atoms with Gasteiger partial charge in [-0.1, -0.05) is 6.07 Å². The number of anilines is 3. The molecule has 0 saturated carbocycles. The Morgan fingerprint density at radius 3 is 2.30 bits per heavy atom. The Kier molecular flexibility index (Phi) is 6.46. The molecule has 2 aromatic carbocycles. The highest BCUT2D eigenvalue weighted by Crippen LogP contribution is 2.23. The molecule has 2 aromatic rings. The van der Waals surface area contributed by atoms with E-state index in [1.807, 2.05) is 0 Å². The molecule has 1 atom stereocenters. The molecule has 8 nitrogen and oxygen atoms in total. The zero-order valence-electron chi connectivity index (χ0n) is 16.8. The summed E-state index contributed by atoms with van der Waals surface area (Å²) in [6.45, 7) is 3.51. The summed E-state index contributed by atoms with van der Waals surface area (Å²) in [5.41, 5.74) is 2.03. The van der Waals surface area contributed by atoms with Crippen LogP contribution in [0.3, 0.4) is 0 Å². The van der Waals surface area contributed by atoms with Crippen LogP contribution in [0.25, 0.3) is 0 Å². The molecule has 8 heteroatoms. The van der Waals surface area contributed by atoms with Crippen LogP contribution in [-0.4, -0.2) is 36.3 Å². The largest absolute Gasteiger partial charge is 0.449 e. The number of carbonyl (C=O) groups is 4. The molecule has 1 saturated heterocycles. The highest BCUT2D eigenvalue weighted by molar-refractivity contribution is 5.99. The van der Waals surface area contributed by atoms with Crippen molar-refractivity contribution >= 4 is 40.8 Å². The molecule has 2 N–H and O–H groups in total. The fourth-order valence-corrected chi connectivity index (χ4v) is 3.09. The van der Waals surface area contributed by atoms with Gasteiger partial charge >= 0.3 is 5.97 Å². The first-order chi connectivity index (χ1) is 14.3. The van der Waals surface area contributed by atoms with Crippen LogP contribution in [0.1, 0.15) is 37.0 Å². The number of esters is 1. The summed E-state index contributed by atoms with van der Waals surface area (Å²) in [5.74, 6) is -1.29. The van der Waals surface area contributed by atoms with Gasteiger partial charge in [-0.15, -0.1) is 0 Å². The van der Waals surface area contributed by atoms with E-state index in [0.717, 1.165) is 6.42 Å². The predicted molar refractivity (Wildman–Crippen MR) is 112 cm³/mol. The molecule has 1 aliphatic rings. The van der Waals surface area contributed by atoms with Crippen LogP contribution in [0.5, 0.6) is 0 Å². The summed E-state index contributed by atoms with van der Waals surface area (Å²) in [6, 6.07) is 13.2. The second-order valence-electron chi connectivity index (χ2n) is 6.99. The number of nitrogens with one attached hydrogen (secondary N) is 2. The van der Waals surface area contributed by atoms with Gasteiger partial charge in [0.15, 0.2) is 6.10 Å². The third kappa shape index (κ3) is 5.22. The van der Waals surface area contributed by atoms with E-state index in [0.29, 0.717) is 30.0 Å². The normalized spacial score (nSPS) is 14.2. The number of amides is 3. The van der Waals surface area contributed by atoms with Crippen LogP contribution >= 0.6 is 0 Å². The second-order valence-corrected chi connectivity index (χ2v) is 6.99. The Bertz CT molecular complexity index is 971. The topological polar surface area (TPSA) is 105 Å². The maximum atomic E-state index is 12.5. The molecule has 3 amide bonds. The van der Waals surface area contributed by atoms with E-state index in [-0.39, 0.29) is 17.4 Å². The molecule has 0 aliphatic carbocycles. The molecular formula is C22H23N3O5. The Morgan fingerprint density at radius 1 is 1.03 bits per heavy atom. The first kappa shape index (κ1) is 21.0. The minimum Gasteiger partial charge on any atom is -0.449 e. The average Bonchev–Trinajstić information content (AvgIpc) is 3.15. The van der Waals surface area contributed by atoms with E-state index < -0.39 is 18.0 Å². The van der Waals surface area contributed by atoms with Crippen molar-refractivity contribution in [3.8, 4) is 0 Å². The van der Waals surface area contributed by atoms with Crippen LogP contribution in [0, 0.1) is 0 Å². The van der Waals surface area contributed by atoms with E-state index >= 15 is 0 Å². The Labute approximate surface area is 174 Å². The molecule has 30 heavy (non-hydrogen) atoms. The zero-order chi connectivity index (χ0) is 21.7. The van der Waals surface area contributed by atoms with Gasteiger partial charge in [-0.2, -0.15) is 0 Å². The van der Waals surface area contributed by atoms with Crippen molar-refractivity contribution in [1.29, 1.82) is 0 Å². The molecule has 0 unspecified atom stereocenters. The van der Waals surface area contributed by atoms with E-state index in [9.17, 15) is 19.2 Å². The number of ether oxygens (including phenoxy) is 1. The van der Waals surface area contributed by atoms with E-state index in [1.54, 1.807) is 53.4 Å². The van der Waals surface area contributed by atoms with E-state index in [1.165, 1.54) is 13.8 Å². The molecule has 156 valence electrons. The first-order valence-corrected chi connectivity index (χ1v) is 9.63. The Hall–Kier alpha value is -3.68. The smallest absolute Gasteiger partial charge is 0.338 e. The maximum Gasteiger partial charge on any atom is 0.338 e. The van der Waals surface area contributed by atoms with Gasteiger partial charge in [0.25, 0.3) is 5.91 Å². The minimum absolute atomic E-state index is 0.0257. The first-order valence-electron chi connectivity index (χ1n) is 9.63. The van der Waals surface area contributed by atoms with Gasteiger partial charge in [0, 0.05) is 37.0 Å². The molecular weight excluding hydrogens is 386 g/mol. The summed E-state index contributed by atoms with van der Waals surface area (Å²) >= 11 is 0. The summed E-state index contributed by atoms with van der Waals surface area (Å²) in [5, 5.41) is 5.29. The van der Waals surface area contributed by atoms with Gasteiger partial charge in [0.2, 0.25) is 11.8 Å². The molecule has 0 spiro atoms. The third-order valence-electron chi connectivity index (χ3n) is 4.59. The summed E-state index contributed by atoms with van der Waals surface area (Å²) in [6.07, 6.45) is 0.262. The lowest BCUT2D eigenvalue weighted by atomic mass is 10.2. The average molecular weight is 409 g/mol. The fourth-order valence-electron chi connectivity index (χ4n) is 3.09.